The van der Waals surface area contributed by atoms with Crippen LogP contribution >= 0.6 is 0 Å². The average Bonchev–Trinajstić information content (AvgIpc) is 3.54. The molecule has 0 radical (unpaired) electrons. The smallest absolute Gasteiger partial charge is 0.407 e. The molecule has 4 rings (SSSR count). The molecular formula is C46H64N2O13. The van der Waals surface area contributed by atoms with Crippen LogP contribution in [0.4, 0.5) is 4.79 Å². The van der Waals surface area contributed by atoms with Crippen molar-refractivity contribution in [1.29, 1.82) is 0 Å². The number of fused-ring (bicyclic) bond motifs is 3. The molecule has 0 unspecified atom stereocenters. The Kier molecular flexibility index (Phi) is 20.5. The lowest BCUT2D eigenvalue weighted by Gasteiger charge is -2.44. The van der Waals surface area contributed by atoms with Crippen LogP contribution in [0.15, 0.2) is 48.5 Å². The number of alkyl carbamates (subject to hydrolysis) is 1. The van der Waals surface area contributed by atoms with E-state index in [9.17, 15) is 28.8 Å². The lowest BCUT2D eigenvalue weighted by Crippen LogP contribution is -2.63. The van der Waals surface area contributed by atoms with Crippen LogP contribution < -0.4 is 10.6 Å². The lowest BCUT2D eigenvalue weighted by molar-refractivity contribution is -0.308. The molecule has 2 aromatic rings. The van der Waals surface area contributed by atoms with Gasteiger partial charge in [-0.15, -0.1) is 0 Å². The molecule has 0 spiro atoms. The fraction of sp³-hybridized carbons (Fsp3) is 0.609. The van der Waals surface area contributed by atoms with Gasteiger partial charge in [-0.2, -0.15) is 0 Å². The van der Waals surface area contributed by atoms with Crippen molar-refractivity contribution in [3.05, 3.63) is 59.7 Å². The second-order valence-corrected chi connectivity index (χ2v) is 15.6. The number of carbonyl (C=O) groups excluding carboxylic acids is 6. The molecule has 2 aromatic carbocycles. The number of unbranched alkanes of at least 4 members (excludes halogenated alkanes) is 11. The molecule has 2 N–H and O–H groups in total. The molecule has 6 atom stereocenters. The highest BCUT2D eigenvalue weighted by Crippen LogP contribution is 2.44. The van der Waals surface area contributed by atoms with Crippen LogP contribution in [0.1, 0.15) is 129 Å². The van der Waals surface area contributed by atoms with Crippen LogP contribution in [-0.4, -0.2) is 99.0 Å². The van der Waals surface area contributed by atoms with Crippen LogP contribution in [0.25, 0.3) is 11.1 Å². The first-order valence-corrected chi connectivity index (χ1v) is 21.7. The van der Waals surface area contributed by atoms with Gasteiger partial charge in [0.05, 0.1) is 6.61 Å². The quantitative estimate of drug-likeness (QED) is 0.0602. The minimum Gasteiger partial charge on any atom is -0.463 e. The third-order valence-corrected chi connectivity index (χ3v) is 10.7. The van der Waals surface area contributed by atoms with E-state index in [-0.39, 0.29) is 12.5 Å². The van der Waals surface area contributed by atoms with E-state index < -0.39 is 85.8 Å². The highest BCUT2D eigenvalue weighted by molar-refractivity contribution is 5.86. The minimum atomic E-state index is -1.56. The Bertz CT molecular complexity index is 1710. The molecule has 15 heteroatoms. The number of hydrogen-bond donors (Lipinski definition) is 2. The van der Waals surface area contributed by atoms with Gasteiger partial charge < -0.3 is 43.8 Å². The number of benzene rings is 2. The van der Waals surface area contributed by atoms with E-state index >= 15 is 0 Å². The van der Waals surface area contributed by atoms with Crippen molar-refractivity contribution in [2.75, 3.05) is 26.4 Å². The van der Waals surface area contributed by atoms with Crippen molar-refractivity contribution in [2.45, 2.75) is 154 Å². The number of hydrogen-bond acceptors (Lipinski definition) is 13. The fourth-order valence-corrected chi connectivity index (χ4v) is 7.78. The number of esters is 4. The number of ether oxygens (including phenoxy) is 7. The highest BCUT2D eigenvalue weighted by atomic mass is 16.7. The summed E-state index contributed by atoms with van der Waals surface area (Å²) in [5.74, 6) is -3.87. The number of amides is 2. The molecule has 336 valence electrons. The normalized spacial score (nSPS) is 19.7. The molecule has 61 heavy (non-hydrogen) atoms. The first kappa shape index (κ1) is 48.6. The SMILES string of the molecule is CCCCCCCCCCCCCCNC(=O)[C@H](CO[C@H]1O[C@H](COC(C)=O)[C@H](OC(C)=O)[C@H](OC(C)=O)[C@H]1OC(C)=O)NC(=O)OCC1c2ccccc2-c2ccccc21. The first-order chi connectivity index (χ1) is 29.4. The Labute approximate surface area is 359 Å². The zero-order chi connectivity index (χ0) is 44.1. The van der Waals surface area contributed by atoms with Crippen molar-refractivity contribution in [2.24, 2.45) is 0 Å². The third-order valence-electron chi connectivity index (χ3n) is 10.7. The zero-order valence-corrected chi connectivity index (χ0v) is 36.3. The van der Waals surface area contributed by atoms with E-state index in [2.05, 4.69) is 17.6 Å². The van der Waals surface area contributed by atoms with E-state index in [1.54, 1.807) is 0 Å². The van der Waals surface area contributed by atoms with Crippen molar-refractivity contribution >= 4 is 35.9 Å². The lowest BCUT2D eigenvalue weighted by atomic mass is 9.98. The fourth-order valence-electron chi connectivity index (χ4n) is 7.78. The van der Waals surface area contributed by atoms with Crippen molar-refractivity contribution in [1.82, 2.24) is 10.6 Å². The van der Waals surface area contributed by atoms with Gasteiger partial charge in [-0.05, 0) is 28.7 Å². The third kappa shape index (κ3) is 15.8. The van der Waals surface area contributed by atoms with E-state index in [1.165, 1.54) is 58.3 Å². The summed E-state index contributed by atoms with van der Waals surface area (Å²) >= 11 is 0. The van der Waals surface area contributed by atoms with Gasteiger partial charge in [0.15, 0.2) is 24.6 Å². The summed E-state index contributed by atoms with van der Waals surface area (Å²) in [6, 6.07) is 14.5. The number of carbonyl (C=O) groups is 6. The molecular weight excluding hydrogens is 789 g/mol. The summed E-state index contributed by atoms with van der Waals surface area (Å²) in [6.07, 6.45) is 5.86. The van der Waals surface area contributed by atoms with E-state index in [4.69, 9.17) is 33.2 Å². The van der Waals surface area contributed by atoms with Crippen molar-refractivity contribution < 1.29 is 61.9 Å². The van der Waals surface area contributed by atoms with Crippen LogP contribution in [0.2, 0.25) is 0 Å². The van der Waals surface area contributed by atoms with Gasteiger partial charge in [-0.1, -0.05) is 126 Å². The number of rotatable bonds is 25. The van der Waals surface area contributed by atoms with E-state index in [1.807, 2.05) is 48.5 Å². The van der Waals surface area contributed by atoms with Crippen molar-refractivity contribution in [3.8, 4) is 11.1 Å². The molecule has 1 aliphatic carbocycles. The summed E-state index contributed by atoms with van der Waals surface area (Å²) in [7, 11) is 0. The molecule has 2 aliphatic rings. The zero-order valence-electron chi connectivity index (χ0n) is 36.3. The largest absolute Gasteiger partial charge is 0.463 e. The maximum atomic E-state index is 13.8. The molecule has 0 bridgehead atoms. The Morgan fingerprint density at radius 2 is 1.11 bits per heavy atom. The summed E-state index contributed by atoms with van der Waals surface area (Å²) in [4.78, 5) is 75.8. The van der Waals surface area contributed by atoms with Gasteiger partial charge in [0, 0.05) is 40.2 Å². The summed E-state index contributed by atoms with van der Waals surface area (Å²) in [5.41, 5.74) is 4.14. The predicted molar refractivity (Wildman–Crippen MR) is 224 cm³/mol. The van der Waals surface area contributed by atoms with E-state index in [0.29, 0.717) is 6.54 Å². The van der Waals surface area contributed by atoms with Gasteiger partial charge in [0.2, 0.25) is 5.91 Å². The van der Waals surface area contributed by atoms with Gasteiger partial charge >= 0.3 is 30.0 Å². The molecule has 1 aliphatic heterocycles. The monoisotopic (exact) mass is 852 g/mol. The predicted octanol–water partition coefficient (Wildman–Crippen LogP) is 6.81. The highest BCUT2D eigenvalue weighted by Gasteiger charge is 2.53. The van der Waals surface area contributed by atoms with Crippen LogP contribution in [0.3, 0.4) is 0 Å². The molecule has 0 aromatic heterocycles. The molecule has 1 fully saturated rings. The Hall–Kier alpha value is -5.02. The summed E-state index contributed by atoms with van der Waals surface area (Å²) in [5, 5.41) is 5.51. The van der Waals surface area contributed by atoms with Crippen molar-refractivity contribution in [3.63, 3.8) is 0 Å². The topological polar surface area (TPSA) is 191 Å². The van der Waals surface area contributed by atoms with Crippen LogP contribution in [0, 0.1) is 0 Å². The second-order valence-electron chi connectivity index (χ2n) is 15.6. The molecule has 1 saturated heterocycles. The maximum Gasteiger partial charge on any atom is 0.407 e. The van der Waals surface area contributed by atoms with Gasteiger partial charge in [-0.3, -0.25) is 24.0 Å². The molecule has 15 nitrogen and oxygen atoms in total. The van der Waals surface area contributed by atoms with Crippen LogP contribution in [-0.2, 0) is 57.1 Å². The standard InChI is InChI=1S/C46H64N2O13/c1-6-7-8-9-10-11-12-13-14-15-16-21-26-47-44(53)39(48-46(54)57-27-38-36-24-19-17-22-34(36)35-23-18-20-25-37(35)38)28-56-45-43(60-33(5)52)42(59-32(4)51)41(58-31(3)50)40(61-45)29-55-30(2)49/h17-20,22-25,38-43,45H,6-16,21,26-29H2,1-5H3,(H,47,53)(H,48,54)/t39-,40+,41-,42-,43+,45-/m0/s1. The summed E-state index contributed by atoms with van der Waals surface area (Å²) in [6.45, 7) is 6.08. The second kappa shape index (κ2) is 25.7. The Balaban J connectivity index is 1.44. The minimum absolute atomic E-state index is 0.00634. The van der Waals surface area contributed by atoms with Gasteiger partial charge in [0.1, 0.15) is 25.4 Å². The van der Waals surface area contributed by atoms with Gasteiger partial charge in [-0.25, -0.2) is 4.79 Å². The van der Waals surface area contributed by atoms with Gasteiger partial charge in [0.25, 0.3) is 0 Å². The Morgan fingerprint density at radius 3 is 1.66 bits per heavy atom. The summed E-state index contributed by atoms with van der Waals surface area (Å²) < 4.78 is 39.5. The molecule has 1 heterocycles. The Morgan fingerprint density at radius 1 is 0.607 bits per heavy atom. The van der Waals surface area contributed by atoms with Crippen LogP contribution in [0.5, 0.6) is 0 Å². The molecule has 2 amide bonds. The average molecular weight is 853 g/mol. The van der Waals surface area contributed by atoms with E-state index in [0.717, 1.165) is 68.7 Å². The number of nitrogens with one attached hydrogen (secondary N) is 2. The maximum absolute atomic E-state index is 13.8. The molecule has 0 saturated carbocycles. The first-order valence-electron chi connectivity index (χ1n) is 21.7.